The van der Waals surface area contributed by atoms with Gasteiger partial charge in [-0.2, -0.15) is 13.2 Å². The first kappa shape index (κ1) is 18.9. The van der Waals surface area contributed by atoms with Crippen molar-refractivity contribution < 1.29 is 32.4 Å². The number of halogens is 3. The molecule has 2 aromatic heterocycles. The van der Waals surface area contributed by atoms with E-state index in [0.29, 0.717) is 16.7 Å². The van der Waals surface area contributed by atoms with E-state index in [1.54, 1.807) is 6.07 Å². The van der Waals surface area contributed by atoms with Gasteiger partial charge < -0.3 is 20.3 Å². The van der Waals surface area contributed by atoms with Crippen molar-refractivity contribution in [2.24, 2.45) is 0 Å². The summed E-state index contributed by atoms with van der Waals surface area (Å²) in [6.07, 6.45) is -1.31. The molecule has 0 bridgehead atoms. The van der Waals surface area contributed by atoms with Crippen molar-refractivity contribution in [2.45, 2.75) is 25.1 Å². The van der Waals surface area contributed by atoms with E-state index in [0.717, 1.165) is 13.0 Å². The molecule has 25 heavy (non-hydrogen) atoms. The molecule has 1 aliphatic heterocycles. The normalized spacial score (nSPS) is 16.8. The van der Waals surface area contributed by atoms with Gasteiger partial charge >= 0.3 is 12.1 Å². The van der Waals surface area contributed by atoms with E-state index in [1.807, 2.05) is 12.1 Å². The molecule has 1 saturated heterocycles. The van der Waals surface area contributed by atoms with Crippen molar-refractivity contribution in [3.63, 3.8) is 0 Å². The minimum absolute atomic E-state index is 0.141. The van der Waals surface area contributed by atoms with Gasteiger partial charge in [-0.15, -0.1) is 11.3 Å². The van der Waals surface area contributed by atoms with Crippen LogP contribution in [0.25, 0.3) is 0 Å². The molecule has 7 nitrogen and oxygen atoms in total. The van der Waals surface area contributed by atoms with Gasteiger partial charge in [0.15, 0.2) is 5.82 Å². The third-order valence-corrected chi connectivity index (χ3v) is 4.37. The van der Waals surface area contributed by atoms with E-state index in [4.69, 9.17) is 9.90 Å². The van der Waals surface area contributed by atoms with Crippen LogP contribution in [0, 0.1) is 0 Å². The van der Waals surface area contributed by atoms with Gasteiger partial charge in [-0.05, 0) is 31.5 Å². The lowest BCUT2D eigenvalue weighted by molar-refractivity contribution is -0.192. The minimum Gasteiger partial charge on any atom is -0.475 e. The second-order valence-electron chi connectivity index (χ2n) is 4.99. The molecule has 3 rings (SSSR count). The highest BCUT2D eigenvalue weighted by atomic mass is 32.1. The van der Waals surface area contributed by atoms with E-state index in [2.05, 4.69) is 20.3 Å². The molecule has 0 spiro atoms. The topological polar surface area (TPSA) is 104 Å². The van der Waals surface area contributed by atoms with E-state index in [9.17, 15) is 18.0 Å². The van der Waals surface area contributed by atoms with Crippen LogP contribution in [0.4, 0.5) is 19.0 Å². The predicted octanol–water partition coefficient (Wildman–Crippen LogP) is 3.05. The molecule has 1 fully saturated rings. The first-order chi connectivity index (χ1) is 11.8. The van der Waals surface area contributed by atoms with Crippen molar-refractivity contribution in [3.05, 3.63) is 34.2 Å². The summed E-state index contributed by atoms with van der Waals surface area (Å²) in [4.78, 5) is 22.7. The van der Waals surface area contributed by atoms with Gasteiger partial charge in [0.1, 0.15) is 6.26 Å². The second-order valence-corrected chi connectivity index (χ2v) is 6.11. The Morgan fingerprint density at radius 2 is 2.08 bits per heavy atom. The van der Waals surface area contributed by atoms with Crippen LogP contribution in [0.15, 0.2) is 29.0 Å². The zero-order valence-corrected chi connectivity index (χ0v) is 13.5. The molecule has 1 unspecified atom stereocenters. The number of hydrogen-bond acceptors (Lipinski definition) is 6. The number of alkyl halides is 3. The van der Waals surface area contributed by atoms with E-state index < -0.39 is 12.1 Å². The van der Waals surface area contributed by atoms with E-state index in [1.165, 1.54) is 28.9 Å². The van der Waals surface area contributed by atoms with Crippen molar-refractivity contribution in [3.8, 4) is 0 Å². The SMILES string of the molecule is O=C(Nc1ccon1)c1ccc(C2CCCN2)s1.O=C(O)C(F)(F)F. The number of carbonyl (C=O) groups is 2. The number of carboxylic acids is 1. The van der Waals surface area contributed by atoms with Gasteiger partial charge in [0.2, 0.25) is 0 Å². The van der Waals surface area contributed by atoms with Crippen molar-refractivity contribution >= 4 is 29.0 Å². The molecule has 136 valence electrons. The number of carbonyl (C=O) groups excluding carboxylic acids is 1. The fraction of sp³-hybridized carbons (Fsp3) is 0.357. The van der Waals surface area contributed by atoms with Crippen LogP contribution >= 0.6 is 11.3 Å². The van der Waals surface area contributed by atoms with Gasteiger partial charge in [0, 0.05) is 17.0 Å². The van der Waals surface area contributed by atoms with Gasteiger partial charge in [0.25, 0.3) is 5.91 Å². The number of aliphatic carboxylic acids is 1. The first-order valence-electron chi connectivity index (χ1n) is 7.12. The van der Waals surface area contributed by atoms with Crippen molar-refractivity contribution in [1.29, 1.82) is 0 Å². The number of rotatable bonds is 3. The quantitative estimate of drug-likeness (QED) is 0.759. The summed E-state index contributed by atoms with van der Waals surface area (Å²) in [5, 5.41) is 16.9. The molecule has 0 saturated carbocycles. The highest BCUT2D eigenvalue weighted by Crippen LogP contribution is 2.29. The Morgan fingerprint density at radius 1 is 1.36 bits per heavy atom. The zero-order valence-electron chi connectivity index (χ0n) is 12.7. The Kier molecular flexibility index (Phi) is 6.15. The van der Waals surface area contributed by atoms with Crippen LogP contribution in [0.3, 0.4) is 0 Å². The summed E-state index contributed by atoms with van der Waals surface area (Å²) >= 11 is 1.53. The minimum atomic E-state index is -5.08. The van der Waals surface area contributed by atoms with Gasteiger partial charge in [0.05, 0.1) is 4.88 Å². The lowest BCUT2D eigenvalue weighted by Crippen LogP contribution is -2.21. The van der Waals surface area contributed by atoms with Gasteiger partial charge in [-0.3, -0.25) is 4.79 Å². The predicted molar refractivity (Wildman–Crippen MR) is 82.4 cm³/mol. The zero-order chi connectivity index (χ0) is 18.4. The summed E-state index contributed by atoms with van der Waals surface area (Å²) in [5.74, 6) is -2.46. The number of aromatic nitrogens is 1. The van der Waals surface area contributed by atoms with Crippen LogP contribution in [-0.4, -0.2) is 34.9 Å². The molecule has 3 N–H and O–H groups in total. The van der Waals surface area contributed by atoms with E-state index >= 15 is 0 Å². The molecule has 1 amide bonds. The maximum absolute atomic E-state index is 11.9. The monoisotopic (exact) mass is 377 g/mol. The molecular weight excluding hydrogens is 363 g/mol. The van der Waals surface area contributed by atoms with Gasteiger partial charge in [-0.25, -0.2) is 4.79 Å². The van der Waals surface area contributed by atoms with Crippen molar-refractivity contribution in [2.75, 3.05) is 11.9 Å². The number of anilines is 1. The highest BCUT2D eigenvalue weighted by Gasteiger charge is 2.38. The van der Waals surface area contributed by atoms with Gasteiger partial charge in [-0.1, -0.05) is 5.16 Å². The second kappa shape index (κ2) is 8.12. The summed E-state index contributed by atoms with van der Waals surface area (Å²) in [7, 11) is 0. The van der Waals surface area contributed by atoms with E-state index in [-0.39, 0.29) is 5.91 Å². The first-order valence-corrected chi connectivity index (χ1v) is 7.94. The molecule has 0 aliphatic carbocycles. The fourth-order valence-electron chi connectivity index (χ4n) is 2.04. The number of thiophene rings is 1. The van der Waals surface area contributed by atoms with Crippen LogP contribution in [-0.2, 0) is 4.79 Å². The maximum Gasteiger partial charge on any atom is 0.490 e. The number of nitrogens with zero attached hydrogens (tertiary/aromatic N) is 1. The molecule has 1 aliphatic rings. The Hall–Kier alpha value is -2.40. The van der Waals surface area contributed by atoms with Crippen molar-refractivity contribution in [1.82, 2.24) is 10.5 Å². The Balaban J connectivity index is 0.000000277. The number of nitrogens with one attached hydrogen (secondary N) is 2. The third kappa shape index (κ3) is 5.57. The fourth-order valence-corrected chi connectivity index (χ4v) is 3.06. The smallest absolute Gasteiger partial charge is 0.475 e. The molecule has 1 atom stereocenters. The molecule has 3 heterocycles. The Bertz CT molecular complexity index is 709. The summed E-state index contributed by atoms with van der Waals surface area (Å²) in [6, 6.07) is 5.90. The molecule has 2 aromatic rings. The Morgan fingerprint density at radius 3 is 2.60 bits per heavy atom. The maximum atomic E-state index is 11.9. The third-order valence-electron chi connectivity index (χ3n) is 3.18. The average molecular weight is 377 g/mol. The molecule has 11 heteroatoms. The summed E-state index contributed by atoms with van der Waals surface area (Å²) < 4.78 is 36.4. The summed E-state index contributed by atoms with van der Waals surface area (Å²) in [5.41, 5.74) is 0. The molecule has 0 aromatic carbocycles. The molecule has 0 radical (unpaired) electrons. The average Bonchev–Trinajstić information content (AvgIpc) is 3.28. The Labute approximate surface area is 143 Å². The van der Waals surface area contributed by atoms with Crippen LogP contribution in [0.5, 0.6) is 0 Å². The summed E-state index contributed by atoms with van der Waals surface area (Å²) in [6.45, 7) is 1.06. The molecular formula is C14H14F3N3O4S. The number of carboxylic acid groups (broad SMARTS) is 1. The van der Waals surface area contributed by atoms with Crippen LogP contribution in [0.1, 0.15) is 33.4 Å². The standard InChI is InChI=1S/C12H13N3O2S.C2HF3O2/c16-12(14-11-5-7-17-15-11)10-4-3-9(18-10)8-2-1-6-13-8;3-2(4,5)1(6)7/h3-5,7-8,13H,1-2,6H2,(H,14,15,16);(H,6,7). The van der Waals surface area contributed by atoms with Crippen LogP contribution in [0.2, 0.25) is 0 Å². The lowest BCUT2D eigenvalue weighted by Gasteiger charge is -2.05. The largest absolute Gasteiger partial charge is 0.490 e. The van der Waals surface area contributed by atoms with Crippen LogP contribution < -0.4 is 10.6 Å². The number of amides is 1. The highest BCUT2D eigenvalue weighted by molar-refractivity contribution is 7.14. The number of hydrogen-bond donors (Lipinski definition) is 3. The lowest BCUT2D eigenvalue weighted by atomic mass is 10.2.